The van der Waals surface area contributed by atoms with E-state index in [0.29, 0.717) is 6.54 Å². The molecule has 1 atom stereocenters. The molecular formula is C11H20N2O2. The molecule has 1 aliphatic rings. The number of allylic oxidation sites excluding steroid dienone is 1. The number of rotatable bonds is 6. The highest BCUT2D eigenvalue weighted by Gasteiger charge is 2.14. The molecule has 4 nitrogen and oxygen atoms in total. The Morgan fingerprint density at radius 2 is 2.53 bits per heavy atom. The summed E-state index contributed by atoms with van der Waals surface area (Å²) in [4.78, 5) is 11.4. The van der Waals surface area contributed by atoms with Crippen LogP contribution in [0.3, 0.4) is 0 Å². The number of hydrogen-bond donors (Lipinski definition) is 2. The normalized spacial score (nSPS) is 17.3. The van der Waals surface area contributed by atoms with E-state index < -0.39 is 6.10 Å². The lowest BCUT2D eigenvalue weighted by molar-refractivity contribution is -0.130. The Kier molecular flexibility index (Phi) is 5.36. The van der Waals surface area contributed by atoms with Crippen molar-refractivity contribution in [1.82, 2.24) is 5.32 Å². The number of amides is 1. The Bertz CT molecular complexity index is 235. The molecule has 1 aliphatic carbocycles. The van der Waals surface area contributed by atoms with Gasteiger partial charge in [-0.25, -0.2) is 0 Å². The molecular weight excluding hydrogens is 192 g/mol. The fourth-order valence-corrected chi connectivity index (χ4v) is 1.73. The van der Waals surface area contributed by atoms with Crippen LogP contribution in [-0.4, -0.2) is 32.2 Å². The van der Waals surface area contributed by atoms with Crippen LogP contribution in [0.2, 0.25) is 0 Å². The summed E-state index contributed by atoms with van der Waals surface area (Å²) in [7, 11) is 1.50. The molecule has 0 aliphatic heterocycles. The molecule has 1 rings (SSSR count). The SMILES string of the molecule is COC(CN)C(=O)NCCC1=CCCC1. The first-order valence-electron chi connectivity index (χ1n) is 5.46. The number of nitrogens with one attached hydrogen (secondary N) is 1. The van der Waals surface area contributed by atoms with Gasteiger partial charge in [0.2, 0.25) is 5.91 Å². The minimum absolute atomic E-state index is 0.112. The molecule has 1 amide bonds. The highest BCUT2D eigenvalue weighted by molar-refractivity contribution is 5.80. The van der Waals surface area contributed by atoms with Gasteiger partial charge in [-0.15, -0.1) is 0 Å². The first kappa shape index (κ1) is 12.2. The number of hydrogen-bond acceptors (Lipinski definition) is 3. The Morgan fingerprint density at radius 3 is 3.07 bits per heavy atom. The molecule has 3 N–H and O–H groups in total. The van der Waals surface area contributed by atoms with Gasteiger partial charge in [0.25, 0.3) is 0 Å². The quantitative estimate of drug-likeness (QED) is 0.633. The lowest BCUT2D eigenvalue weighted by atomic mass is 10.1. The second kappa shape index (κ2) is 6.58. The fourth-order valence-electron chi connectivity index (χ4n) is 1.73. The van der Waals surface area contributed by atoms with Crippen molar-refractivity contribution in [3.05, 3.63) is 11.6 Å². The molecule has 15 heavy (non-hydrogen) atoms. The van der Waals surface area contributed by atoms with Gasteiger partial charge in [0.1, 0.15) is 6.10 Å². The first-order valence-corrected chi connectivity index (χ1v) is 5.46. The lowest BCUT2D eigenvalue weighted by Gasteiger charge is -2.13. The number of methoxy groups -OCH3 is 1. The average molecular weight is 212 g/mol. The lowest BCUT2D eigenvalue weighted by Crippen LogP contribution is -2.40. The maximum Gasteiger partial charge on any atom is 0.250 e. The Balaban J connectivity index is 2.16. The van der Waals surface area contributed by atoms with E-state index in [1.54, 1.807) is 0 Å². The van der Waals surface area contributed by atoms with Gasteiger partial charge in [0, 0.05) is 20.2 Å². The molecule has 86 valence electrons. The van der Waals surface area contributed by atoms with Gasteiger partial charge in [-0.3, -0.25) is 4.79 Å². The molecule has 0 aromatic rings. The van der Waals surface area contributed by atoms with Crippen LogP contribution in [0.25, 0.3) is 0 Å². The first-order chi connectivity index (χ1) is 7.27. The maximum atomic E-state index is 11.4. The standard InChI is InChI=1S/C11H20N2O2/c1-15-10(8-12)11(14)13-7-6-9-4-2-3-5-9/h4,10H,2-3,5-8,12H2,1H3,(H,13,14). The largest absolute Gasteiger partial charge is 0.370 e. The Labute approximate surface area is 90.9 Å². The molecule has 0 aromatic heterocycles. The summed E-state index contributed by atoms with van der Waals surface area (Å²) in [5.41, 5.74) is 6.84. The van der Waals surface area contributed by atoms with Gasteiger partial charge < -0.3 is 15.8 Å². The van der Waals surface area contributed by atoms with Crippen LogP contribution in [0, 0.1) is 0 Å². The van der Waals surface area contributed by atoms with Crippen molar-refractivity contribution in [1.29, 1.82) is 0 Å². The zero-order valence-corrected chi connectivity index (χ0v) is 9.29. The predicted octanol–water partition coefficient (Wildman–Crippen LogP) is 0.577. The molecule has 0 bridgehead atoms. The van der Waals surface area contributed by atoms with E-state index in [9.17, 15) is 4.79 Å². The fraction of sp³-hybridized carbons (Fsp3) is 0.727. The highest BCUT2D eigenvalue weighted by Crippen LogP contribution is 2.19. The Hall–Kier alpha value is -0.870. The third kappa shape index (κ3) is 4.01. The van der Waals surface area contributed by atoms with Crippen LogP contribution >= 0.6 is 0 Å². The van der Waals surface area contributed by atoms with Gasteiger partial charge in [0.15, 0.2) is 0 Å². The van der Waals surface area contributed by atoms with Crippen molar-refractivity contribution in [3.63, 3.8) is 0 Å². The molecule has 0 saturated heterocycles. The zero-order valence-electron chi connectivity index (χ0n) is 9.29. The topological polar surface area (TPSA) is 64.3 Å². The zero-order chi connectivity index (χ0) is 11.1. The van der Waals surface area contributed by atoms with E-state index in [-0.39, 0.29) is 12.5 Å². The predicted molar refractivity (Wildman–Crippen MR) is 59.4 cm³/mol. The van der Waals surface area contributed by atoms with Crippen molar-refractivity contribution in [2.75, 3.05) is 20.2 Å². The van der Waals surface area contributed by atoms with Crippen LogP contribution in [0.4, 0.5) is 0 Å². The van der Waals surface area contributed by atoms with Gasteiger partial charge in [-0.05, 0) is 25.7 Å². The molecule has 0 spiro atoms. The van der Waals surface area contributed by atoms with Gasteiger partial charge in [-0.1, -0.05) is 11.6 Å². The van der Waals surface area contributed by atoms with Crippen molar-refractivity contribution >= 4 is 5.91 Å². The summed E-state index contributed by atoms with van der Waals surface area (Å²) in [6.07, 6.45) is 6.33. The average Bonchev–Trinajstić information content (AvgIpc) is 2.72. The number of carbonyl (C=O) groups is 1. The third-order valence-electron chi connectivity index (χ3n) is 2.67. The van der Waals surface area contributed by atoms with Crippen molar-refractivity contribution in [2.24, 2.45) is 5.73 Å². The molecule has 0 aromatic carbocycles. The van der Waals surface area contributed by atoms with Crippen LogP contribution < -0.4 is 11.1 Å². The van der Waals surface area contributed by atoms with Crippen molar-refractivity contribution < 1.29 is 9.53 Å². The van der Waals surface area contributed by atoms with E-state index in [1.807, 2.05) is 0 Å². The number of ether oxygens (including phenoxy) is 1. The highest BCUT2D eigenvalue weighted by atomic mass is 16.5. The van der Waals surface area contributed by atoms with Crippen molar-refractivity contribution in [2.45, 2.75) is 31.8 Å². The summed E-state index contributed by atoms with van der Waals surface area (Å²) >= 11 is 0. The molecule has 4 heteroatoms. The van der Waals surface area contributed by atoms with Crippen LogP contribution in [-0.2, 0) is 9.53 Å². The molecule has 0 saturated carbocycles. The summed E-state index contributed by atoms with van der Waals surface area (Å²) in [5, 5.41) is 2.83. The van der Waals surface area contributed by atoms with Gasteiger partial charge in [-0.2, -0.15) is 0 Å². The van der Waals surface area contributed by atoms with E-state index in [2.05, 4.69) is 11.4 Å². The second-order valence-corrected chi connectivity index (χ2v) is 3.76. The summed E-state index contributed by atoms with van der Waals surface area (Å²) in [5.74, 6) is -0.112. The number of nitrogens with two attached hydrogens (primary N) is 1. The molecule has 1 unspecified atom stereocenters. The smallest absolute Gasteiger partial charge is 0.250 e. The monoisotopic (exact) mass is 212 g/mol. The minimum atomic E-state index is -0.512. The summed E-state index contributed by atoms with van der Waals surface area (Å²) < 4.78 is 4.93. The summed E-state index contributed by atoms with van der Waals surface area (Å²) in [6, 6.07) is 0. The van der Waals surface area contributed by atoms with Gasteiger partial charge in [0.05, 0.1) is 0 Å². The molecule has 0 radical (unpaired) electrons. The molecule has 0 fully saturated rings. The van der Waals surface area contributed by atoms with Crippen LogP contribution in [0.15, 0.2) is 11.6 Å². The van der Waals surface area contributed by atoms with Crippen LogP contribution in [0.1, 0.15) is 25.7 Å². The summed E-state index contributed by atoms with van der Waals surface area (Å²) in [6.45, 7) is 0.912. The van der Waals surface area contributed by atoms with E-state index in [4.69, 9.17) is 10.5 Å². The second-order valence-electron chi connectivity index (χ2n) is 3.76. The molecule has 0 heterocycles. The van der Waals surface area contributed by atoms with Crippen molar-refractivity contribution in [3.8, 4) is 0 Å². The van der Waals surface area contributed by atoms with Gasteiger partial charge >= 0.3 is 0 Å². The number of carbonyl (C=O) groups excluding carboxylic acids is 1. The van der Waals surface area contributed by atoms with Crippen LogP contribution in [0.5, 0.6) is 0 Å². The third-order valence-corrected chi connectivity index (χ3v) is 2.67. The minimum Gasteiger partial charge on any atom is -0.370 e. The van der Waals surface area contributed by atoms with E-state index in [1.165, 1.54) is 31.9 Å². The maximum absolute atomic E-state index is 11.4. The van der Waals surface area contributed by atoms with E-state index >= 15 is 0 Å². The Morgan fingerprint density at radius 1 is 1.73 bits per heavy atom. The van der Waals surface area contributed by atoms with E-state index in [0.717, 1.165) is 6.42 Å².